The molecule has 0 saturated heterocycles. The van der Waals surface area contributed by atoms with Crippen molar-refractivity contribution >= 4 is 17.8 Å². The molecule has 2 heterocycles. The molecule has 2 amide bonds. The van der Waals surface area contributed by atoms with Crippen LogP contribution in [0.5, 0.6) is 11.5 Å². The third-order valence-electron chi connectivity index (χ3n) is 6.08. The lowest BCUT2D eigenvalue weighted by Crippen LogP contribution is -2.48. The molecule has 188 valence electrons. The van der Waals surface area contributed by atoms with E-state index in [4.69, 9.17) is 19.9 Å². The number of allylic oxidation sites excluding steroid dienone is 1. The molecule has 2 aliphatic heterocycles. The number of ether oxygens (including phenoxy) is 3. The largest absolute Gasteiger partial charge is 0.497 e. The minimum Gasteiger partial charge on any atom is -0.497 e. The number of hydrogen-bond acceptors (Lipinski definition) is 7. The third-order valence-corrected chi connectivity index (χ3v) is 6.08. The van der Waals surface area contributed by atoms with Crippen LogP contribution >= 0.6 is 0 Å². The maximum atomic E-state index is 13.4. The second-order valence-electron chi connectivity index (χ2n) is 8.65. The van der Waals surface area contributed by atoms with Crippen molar-refractivity contribution in [3.63, 3.8) is 0 Å². The number of methoxy groups -OCH3 is 2. The first kappa shape index (κ1) is 25.0. The lowest BCUT2D eigenvalue weighted by atomic mass is 9.95. The van der Waals surface area contributed by atoms with E-state index in [1.165, 1.54) is 14.2 Å². The van der Waals surface area contributed by atoms with E-state index in [-0.39, 0.29) is 18.7 Å². The molecule has 4 atom stereocenters. The number of hydrogen-bond donors (Lipinski definition) is 3. The van der Waals surface area contributed by atoms with Gasteiger partial charge in [0, 0.05) is 6.42 Å². The van der Waals surface area contributed by atoms with E-state index in [2.05, 4.69) is 10.6 Å². The SMILES string of the molecule is COC(=O)[C@@H]1CC2=CC(N)C(C=C2)Oc2cccc(c2)CC(=O)N[C@@H](c2ccc(OC)cc2)C(=O)N1. The average Bonchev–Trinajstić information content (AvgIpc) is 2.87. The second-order valence-corrected chi connectivity index (χ2v) is 8.65. The van der Waals surface area contributed by atoms with Crippen LogP contribution in [0, 0.1) is 0 Å². The lowest BCUT2D eigenvalue weighted by Gasteiger charge is -2.27. The fourth-order valence-corrected chi connectivity index (χ4v) is 4.20. The molecule has 1 aliphatic carbocycles. The van der Waals surface area contributed by atoms with Crippen LogP contribution in [-0.4, -0.2) is 50.2 Å². The van der Waals surface area contributed by atoms with Crippen molar-refractivity contribution in [1.29, 1.82) is 0 Å². The van der Waals surface area contributed by atoms with Crippen molar-refractivity contribution in [1.82, 2.24) is 10.6 Å². The Morgan fingerprint density at radius 2 is 1.86 bits per heavy atom. The number of nitrogens with two attached hydrogens (primary N) is 1. The van der Waals surface area contributed by atoms with Crippen LogP contribution in [0.3, 0.4) is 0 Å². The van der Waals surface area contributed by atoms with Gasteiger partial charge >= 0.3 is 5.97 Å². The maximum absolute atomic E-state index is 13.4. The Hall–Kier alpha value is -4.11. The van der Waals surface area contributed by atoms with Gasteiger partial charge in [-0.1, -0.05) is 36.4 Å². The van der Waals surface area contributed by atoms with Gasteiger partial charge in [-0.15, -0.1) is 0 Å². The molecule has 0 saturated carbocycles. The third kappa shape index (κ3) is 5.92. The molecule has 0 radical (unpaired) electrons. The highest BCUT2D eigenvalue weighted by atomic mass is 16.5. The van der Waals surface area contributed by atoms with Crippen LogP contribution in [0.25, 0.3) is 0 Å². The Labute approximate surface area is 209 Å². The van der Waals surface area contributed by atoms with Gasteiger partial charge in [0.2, 0.25) is 11.8 Å². The van der Waals surface area contributed by atoms with Gasteiger partial charge in [-0.25, -0.2) is 4.79 Å². The number of amides is 2. The predicted octanol–water partition coefficient (Wildman–Crippen LogP) is 1.73. The summed E-state index contributed by atoms with van der Waals surface area (Å²) in [5.74, 6) is -0.346. The van der Waals surface area contributed by atoms with Crippen molar-refractivity contribution in [2.75, 3.05) is 14.2 Å². The van der Waals surface area contributed by atoms with Crippen LogP contribution in [0.2, 0.25) is 0 Å². The molecule has 0 aromatic heterocycles. The predicted molar refractivity (Wildman–Crippen MR) is 132 cm³/mol. The number of carbonyl (C=O) groups excluding carboxylic acids is 3. The lowest BCUT2D eigenvalue weighted by molar-refractivity contribution is -0.145. The summed E-state index contributed by atoms with van der Waals surface area (Å²) in [6.45, 7) is 0. The number of rotatable bonds is 3. The van der Waals surface area contributed by atoms with E-state index in [0.717, 1.165) is 5.57 Å². The summed E-state index contributed by atoms with van der Waals surface area (Å²) in [7, 11) is 2.79. The summed E-state index contributed by atoms with van der Waals surface area (Å²) in [4.78, 5) is 39.0. The van der Waals surface area contributed by atoms with Crippen molar-refractivity contribution in [3.8, 4) is 11.5 Å². The molecular formula is C27H29N3O6. The average molecular weight is 492 g/mol. The van der Waals surface area contributed by atoms with E-state index in [9.17, 15) is 14.4 Å². The van der Waals surface area contributed by atoms with E-state index >= 15 is 0 Å². The molecule has 3 aliphatic rings. The standard InChI is InChI=1S/C27H29N3O6/c1-34-19-9-7-18(8-10-19)25-26(32)29-22(27(33)35-2)14-17-6-11-23(21(28)13-17)36-20-5-3-4-16(12-20)15-24(31)30-25/h3-13,21-23,25H,14-15,28H2,1-2H3,(H,29,32)(H,30,31)/t21?,22-,23?,25-/m0/s1. The van der Waals surface area contributed by atoms with Crippen molar-refractivity contribution in [3.05, 3.63) is 83.5 Å². The van der Waals surface area contributed by atoms with E-state index < -0.39 is 36.1 Å². The number of fused-ring (bicyclic) bond motifs is 8. The Bertz CT molecular complexity index is 1190. The molecule has 9 heteroatoms. The van der Waals surface area contributed by atoms with Gasteiger partial charge in [0.15, 0.2) is 0 Å². The molecule has 2 unspecified atom stereocenters. The van der Waals surface area contributed by atoms with Gasteiger partial charge < -0.3 is 30.6 Å². The van der Waals surface area contributed by atoms with Crippen LogP contribution in [0.1, 0.15) is 23.6 Å². The van der Waals surface area contributed by atoms with Crippen LogP contribution < -0.4 is 25.8 Å². The minimum absolute atomic E-state index is 0.0220. The van der Waals surface area contributed by atoms with E-state index in [0.29, 0.717) is 22.6 Å². The summed E-state index contributed by atoms with van der Waals surface area (Å²) in [6, 6.07) is 11.5. The normalized spacial score (nSPS) is 24.1. The zero-order valence-electron chi connectivity index (χ0n) is 20.1. The van der Waals surface area contributed by atoms with Crippen LogP contribution in [-0.2, 0) is 25.5 Å². The van der Waals surface area contributed by atoms with Gasteiger partial charge in [-0.2, -0.15) is 0 Å². The molecular weight excluding hydrogens is 462 g/mol. The molecule has 4 bridgehead atoms. The molecule has 5 rings (SSSR count). The molecule has 36 heavy (non-hydrogen) atoms. The highest BCUT2D eigenvalue weighted by Crippen LogP contribution is 2.24. The summed E-state index contributed by atoms with van der Waals surface area (Å²) in [5, 5.41) is 5.54. The summed E-state index contributed by atoms with van der Waals surface area (Å²) < 4.78 is 16.2. The van der Waals surface area contributed by atoms with Crippen LogP contribution in [0.4, 0.5) is 0 Å². The monoisotopic (exact) mass is 491 g/mol. The van der Waals surface area contributed by atoms with Gasteiger partial charge in [-0.05, 0) is 47.0 Å². The smallest absolute Gasteiger partial charge is 0.328 e. The Balaban J connectivity index is 1.71. The Kier molecular flexibility index (Phi) is 7.70. The molecule has 2 aromatic rings. The Morgan fingerprint density at radius 1 is 1.08 bits per heavy atom. The summed E-state index contributed by atoms with van der Waals surface area (Å²) >= 11 is 0. The number of nitrogens with one attached hydrogen (secondary N) is 2. The van der Waals surface area contributed by atoms with Crippen molar-refractivity contribution in [2.24, 2.45) is 5.73 Å². The van der Waals surface area contributed by atoms with Crippen molar-refractivity contribution < 1.29 is 28.6 Å². The Morgan fingerprint density at radius 3 is 2.56 bits per heavy atom. The number of esters is 1. The molecule has 0 spiro atoms. The number of benzene rings is 2. The van der Waals surface area contributed by atoms with E-state index in [1.54, 1.807) is 48.5 Å². The molecule has 4 N–H and O–H groups in total. The van der Waals surface area contributed by atoms with Gasteiger partial charge in [0.1, 0.15) is 29.7 Å². The fourth-order valence-electron chi connectivity index (χ4n) is 4.20. The second kappa shape index (κ2) is 11.1. The summed E-state index contributed by atoms with van der Waals surface area (Å²) in [5.41, 5.74) is 8.32. The highest BCUT2D eigenvalue weighted by molar-refractivity contribution is 5.92. The molecule has 9 nitrogen and oxygen atoms in total. The molecule has 0 fully saturated rings. The highest BCUT2D eigenvalue weighted by Gasteiger charge is 2.30. The zero-order valence-corrected chi connectivity index (χ0v) is 20.1. The minimum atomic E-state index is -1.05. The first-order valence-corrected chi connectivity index (χ1v) is 11.6. The summed E-state index contributed by atoms with van der Waals surface area (Å²) in [6.07, 6.45) is 5.22. The van der Waals surface area contributed by atoms with Crippen LogP contribution in [0.15, 0.2) is 72.3 Å². The number of carbonyl (C=O) groups is 3. The maximum Gasteiger partial charge on any atom is 0.328 e. The zero-order chi connectivity index (χ0) is 25.7. The van der Waals surface area contributed by atoms with Crippen molar-refractivity contribution in [2.45, 2.75) is 37.1 Å². The fraction of sp³-hybridized carbons (Fsp3) is 0.296. The van der Waals surface area contributed by atoms with Gasteiger partial charge in [0.05, 0.1) is 26.7 Å². The quantitative estimate of drug-likeness (QED) is 0.558. The first-order chi connectivity index (χ1) is 17.4. The topological polar surface area (TPSA) is 129 Å². The van der Waals surface area contributed by atoms with Gasteiger partial charge in [-0.3, -0.25) is 9.59 Å². The van der Waals surface area contributed by atoms with Gasteiger partial charge in [0.25, 0.3) is 0 Å². The molecule has 2 aromatic carbocycles. The van der Waals surface area contributed by atoms with E-state index in [1.807, 2.05) is 18.2 Å². The first-order valence-electron chi connectivity index (χ1n) is 11.6.